The number of anilines is 1. The molecule has 0 amide bonds. The molecule has 0 N–H and O–H groups in total. The van der Waals surface area contributed by atoms with E-state index in [0.717, 1.165) is 26.2 Å². The minimum Gasteiger partial charge on any atom is -0.340 e. The van der Waals surface area contributed by atoms with Crippen molar-refractivity contribution in [2.24, 2.45) is 0 Å². The van der Waals surface area contributed by atoms with E-state index in [9.17, 15) is 0 Å². The van der Waals surface area contributed by atoms with Gasteiger partial charge >= 0.3 is 0 Å². The molecule has 5 rings (SSSR count). The first-order chi connectivity index (χ1) is 15.8. The molecule has 0 bridgehead atoms. The summed E-state index contributed by atoms with van der Waals surface area (Å²) in [6.45, 7) is 8.95. The van der Waals surface area contributed by atoms with Crippen molar-refractivity contribution >= 4 is 23.1 Å². The molecule has 0 radical (unpaired) electrons. The van der Waals surface area contributed by atoms with Gasteiger partial charge in [-0.2, -0.15) is 0 Å². The molecule has 0 fully saturated rings. The molecular formula is C28H31N3S. The molecule has 4 heteroatoms. The molecule has 2 aliphatic heterocycles. The third-order valence-corrected chi connectivity index (χ3v) is 7.78. The number of para-hydroxylation sites is 1. The lowest BCUT2D eigenvalue weighted by Gasteiger charge is -2.30. The number of thioether (sulfide) groups is 1. The van der Waals surface area contributed by atoms with E-state index in [1.165, 1.54) is 39.4 Å². The Morgan fingerprint density at radius 1 is 0.812 bits per heavy atom. The van der Waals surface area contributed by atoms with Gasteiger partial charge in [-0.1, -0.05) is 86.3 Å². The third kappa shape index (κ3) is 4.05. The van der Waals surface area contributed by atoms with Crippen LogP contribution in [0.1, 0.15) is 25.8 Å². The minimum atomic E-state index is 0.305. The highest BCUT2D eigenvalue weighted by Crippen LogP contribution is 2.50. The quantitative estimate of drug-likeness (QED) is 0.390. The van der Waals surface area contributed by atoms with E-state index in [-0.39, 0.29) is 0 Å². The van der Waals surface area contributed by atoms with Gasteiger partial charge in [-0.3, -0.25) is 0 Å². The van der Waals surface area contributed by atoms with E-state index in [2.05, 4.69) is 114 Å². The number of rotatable bonds is 8. The highest BCUT2D eigenvalue weighted by atomic mass is 32.2. The van der Waals surface area contributed by atoms with Crippen LogP contribution in [0.5, 0.6) is 0 Å². The Morgan fingerprint density at radius 3 is 2.34 bits per heavy atom. The van der Waals surface area contributed by atoms with Crippen LogP contribution in [0.2, 0.25) is 0 Å². The predicted octanol–water partition coefficient (Wildman–Crippen LogP) is 6.60. The molecule has 0 spiro atoms. The maximum Gasteiger partial charge on any atom is 0.159 e. The highest BCUT2D eigenvalue weighted by molar-refractivity contribution is 8.00. The van der Waals surface area contributed by atoms with Crippen molar-refractivity contribution in [3.05, 3.63) is 90.6 Å². The van der Waals surface area contributed by atoms with E-state index in [0.29, 0.717) is 5.50 Å². The lowest BCUT2D eigenvalue weighted by Crippen LogP contribution is -2.36. The van der Waals surface area contributed by atoms with Gasteiger partial charge in [0.05, 0.1) is 11.4 Å². The summed E-state index contributed by atoms with van der Waals surface area (Å²) in [6, 6.07) is 28.5. The van der Waals surface area contributed by atoms with Crippen LogP contribution in [-0.4, -0.2) is 41.5 Å². The second kappa shape index (κ2) is 9.43. The van der Waals surface area contributed by atoms with Crippen LogP contribution in [0.15, 0.2) is 90.0 Å². The summed E-state index contributed by atoms with van der Waals surface area (Å²) in [7, 11) is 0. The lowest BCUT2D eigenvalue weighted by molar-refractivity contribution is 0.278. The molecule has 0 aromatic heterocycles. The molecule has 3 nitrogen and oxygen atoms in total. The first kappa shape index (κ1) is 21.2. The van der Waals surface area contributed by atoms with Gasteiger partial charge in [-0.15, -0.1) is 0 Å². The SMILES string of the molecule is CCN(CC)CCCN1C(c2cccc(-c3ccccc3)c2)=CN2c3ccccc3SC12. The van der Waals surface area contributed by atoms with Crippen molar-refractivity contribution in [2.75, 3.05) is 31.1 Å². The fourth-order valence-corrected chi connectivity index (χ4v) is 6.01. The minimum absolute atomic E-state index is 0.305. The Balaban J connectivity index is 1.46. The molecule has 2 aliphatic rings. The largest absolute Gasteiger partial charge is 0.340 e. The Labute approximate surface area is 196 Å². The molecule has 0 aliphatic carbocycles. The molecule has 2 heterocycles. The number of hydrogen-bond donors (Lipinski definition) is 0. The topological polar surface area (TPSA) is 9.72 Å². The maximum absolute atomic E-state index is 2.61. The van der Waals surface area contributed by atoms with Crippen molar-refractivity contribution in [2.45, 2.75) is 30.7 Å². The van der Waals surface area contributed by atoms with Gasteiger partial charge in [0.25, 0.3) is 0 Å². The summed E-state index contributed by atoms with van der Waals surface area (Å²) < 4.78 is 0. The van der Waals surface area contributed by atoms with Gasteiger partial charge in [0.2, 0.25) is 0 Å². The molecule has 1 unspecified atom stereocenters. The van der Waals surface area contributed by atoms with E-state index in [1.54, 1.807) is 0 Å². The van der Waals surface area contributed by atoms with Crippen LogP contribution in [0.4, 0.5) is 5.69 Å². The molecule has 1 atom stereocenters. The Bertz CT molecular complexity index is 1090. The average Bonchev–Trinajstić information content (AvgIpc) is 3.39. The standard InChI is InChI=1S/C28H31N3S/c1-3-29(4-2)18-11-19-30-26(21-31-25-16-8-9-17-27(25)32-28(30)31)24-15-10-14-23(20-24)22-12-6-5-7-13-22/h5-10,12-17,20-21,28H,3-4,11,18-19H2,1-2H3. The number of nitrogens with zero attached hydrogens (tertiary/aromatic N) is 3. The average molecular weight is 442 g/mol. The van der Waals surface area contributed by atoms with Gasteiger partial charge < -0.3 is 14.7 Å². The van der Waals surface area contributed by atoms with E-state index in [1.807, 2.05) is 11.8 Å². The van der Waals surface area contributed by atoms with E-state index in [4.69, 9.17) is 0 Å². The van der Waals surface area contributed by atoms with Crippen molar-refractivity contribution < 1.29 is 0 Å². The van der Waals surface area contributed by atoms with Crippen LogP contribution < -0.4 is 4.90 Å². The van der Waals surface area contributed by atoms with Crippen LogP contribution in [-0.2, 0) is 0 Å². The summed E-state index contributed by atoms with van der Waals surface area (Å²) in [5.41, 5.74) is 6.79. The fraction of sp³-hybridized carbons (Fsp3) is 0.286. The summed E-state index contributed by atoms with van der Waals surface area (Å²) in [4.78, 5) is 8.96. The smallest absolute Gasteiger partial charge is 0.159 e. The van der Waals surface area contributed by atoms with Gasteiger partial charge in [-0.25, -0.2) is 0 Å². The van der Waals surface area contributed by atoms with Crippen LogP contribution >= 0.6 is 11.8 Å². The van der Waals surface area contributed by atoms with Crippen molar-refractivity contribution in [1.82, 2.24) is 9.80 Å². The van der Waals surface area contributed by atoms with Gasteiger partial charge in [-0.05, 0) is 60.9 Å². The zero-order valence-corrected chi connectivity index (χ0v) is 19.8. The van der Waals surface area contributed by atoms with Crippen molar-refractivity contribution in [1.29, 1.82) is 0 Å². The van der Waals surface area contributed by atoms with Gasteiger partial charge in [0.15, 0.2) is 5.50 Å². The summed E-state index contributed by atoms with van der Waals surface area (Å²) in [5.74, 6) is 0. The molecular weight excluding hydrogens is 410 g/mol. The van der Waals surface area contributed by atoms with Crippen LogP contribution in [0, 0.1) is 0 Å². The van der Waals surface area contributed by atoms with Gasteiger partial charge in [0.1, 0.15) is 0 Å². The zero-order valence-electron chi connectivity index (χ0n) is 18.9. The van der Waals surface area contributed by atoms with Gasteiger partial charge in [0, 0.05) is 17.6 Å². The summed E-state index contributed by atoms with van der Waals surface area (Å²) in [5, 5.41) is 0. The Morgan fingerprint density at radius 2 is 1.53 bits per heavy atom. The lowest BCUT2D eigenvalue weighted by atomic mass is 10.0. The predicted molar refractivity (Wildman–Crippen MR) is 138 cm³/mol. The number of benzene rings is 3. The summed E-state index contributed by atoms with van der Waals surface area (Å²) >= 11 is 1.97. The molecule has 3 aromatic rings. The molecule has 32 heavy (non-hydrogen) atoms. The first-order valence-electron chi connectivity index (χ1n) is 11.7. The monoisotopic (exact) mass is 441 g/mol. The number of hydrogen-bond acceptors (Lipinski definition) is 4. The fourth-order valence-electron chi connectivity index (χ4n) is 4.70. The molecule has 3 aromatic carbocycles. The third-order valence-electron chi connectivity index (χ3n) is 6.48. The normalized spacial score (nSPS) is 17.0. The Hall–Kier alpha value is -2.69. The van der Waals surface area contributed by atoms with Crippen LogP contribution in [0.3, 0.4) is 0 Å². The van der Waals surface area contributed by atoms with Crippen molar-refractivity contribution in [3.63, 3.8) is 0 Å². The second-order valence-electron chi connectivity index (χ2n) is 8.35. The van der Waals surface area contributed by atoms with E-state index >= 15 is 0 Å². The van der Waals surface area contributed by atoms with Crippen LogP contribution in [0.25, 0.3) is 16.8 Å². The summed E-state index contributed by atoms with van der Waals surface area (Å²) in [6.07, 6.45) is 3.53. The maximum atomic E-state index is 2.61. The zero-order chi connectivity index (χ0) is 21.9. The number of fused-ring (bicyclic) bond motifs is 3. The highest BCUT2D eigenvalue weighted by Gasteiger charge is 2.39. The molecule has 0 saturated heterocycles. The molecule has 164 valence electrons. The Kier molecular flexibility index (Phi) is 6.24. The second-order valence-corrected chi connectivity index (χ2v) is 9.45. The first-order valence-corrected chi connectivity index (χ1v) is 12.6. The molecule has 0 saturated carbocycles. The van der Waals surface area contributed by atoms with E-state index < -0.39 is 0 Å². The van der Waals surface area contributed by atoms with Crippen molar-refractivity contribution in [3.8, 4) is 11.1 Å².